The summed E-state index contributed by atoms with van der Waals surface area (Å²) in [6.45, 7) is 2.77. The zero-order chi connectivity index (χ0) is 14.7. The average Bonchev–Trinajstić information content (AvgIpc) is 2.72. The Morgan fingerprint density at radius 1 is 1.50 bits per heavy atom. The van der Waals surface area contributed by atoms with Crippen LogP contribution in [0.5, 0.6) is 0 Å². The van der Waals surface area contributed by atoms with E-state index >= 15 is 0 Å². The van der Waals surface area contributed by atoms with Gasteiger partial charge in [-0.25, -0.2) is 0 Å². The molecule has 0 bridgehead atoms. The van der Waals surface area contributed by atoms with Gasteiger partial charge in [-0.2, -0.15) is 4.39 Å². The predicted molar refractivity (Wildman–Crippen MR) is 71.5 cm³/mol. The molecule has 1 aromatic carbocycles. The van der Waals surface area contributed by atoms with E-state index in [1.165, 1.54) is 12.1 Å². The number of carbonyl (C=O) groups excluding carboxylic acids is 1. The van der Waals surface area contributed by atoms with Crippen LogP contribution in [0.2, 0.25) is 0 Å². The van der Waals surface area contributed by atoms with E-state index < -0.39 is 16.4 Å². The summed E-state index contributed by atoms with van der Waals surface area (Å²) in [7, 11) is 0. The summed E-state index contributed by atoms with van der Waals surface area (Å²) in [6.07, 6.45) is 2.47. The second-order valence-corrected chi connectivity index (χ2v) is 5.14. The van der Waals surface area contributed by atoms with Crippen molar-refractivity contribution < 1.29 is 14.1 Å². The number of hydrogen-bond donors (Lipinski definition) is 0. The van der Waals surface area contributed by atoms with Crippen molar-refractivity contribution in [1.29, 1.82) is 0 Å². The lowest BCUT2D eigenvalue weighted by atomic mass is 10.0. The Bertz CT molecular complexity index is 533. The summed E-state index contributed by atoms with van der Waals surface area (Å²) in [4.78, 5) is 23.4. The monoisotopic (exact) mass is 280 g/mol. The predicted octanol–water partition coefficient (Wildman–Crippen LogP) is 2.88. The number of nitrogens with zero attached hydrogens (tertiary/aromatic N) is 2. The summed E-state index contributed by atoms with van der Waals surface area (Å²) >= 11 is 0. The van der Waals surface area contributed by atoms with Crippen LogP contribution in [-0.4, -0.2) is 22.3 Å². The van der Waals surface area contributed by atoms with Gasteiger partial charge in [0, 0.05) is 31.1 Å². The van der Waals surface area contributed by atoms with Crippen molar-refractivity contribution in [2.24, 2.45) is 5.92 Å². The van der Waals surface area contributed by atoms with E-state index in [1.54, 1.807) is 4.90 Å². The van der Waals surface area contributed by atoms with E-state index in [4.69, 9.17) is 0 Å². The Morgan fingerprint density at radius 2 is 2.25 bits per heavy atom. The molecular formula is C14H17FN2O3. The molecule has 0 N–H and O–H groups in total. The highest BCUT2D eigenvalue weighted by Crippen LogP contribution is 2.26. The van der Waals surface area contributed by atoms with Gasteiger partial charge in [-0.15, -0.1) is 0 Å². The second-order valence-electron chi connectivity index (χ2n) is 5.14. The molecule has 1 aliphatic heterocycles. The Kier molecular flexibility index (Phi) is 4.32. The van der Waals surface area contributed by atoms with Crippen molar-refractivity contribution >= 4 is 11.6 Å². The molecule has 0 spiro atoms. The molecule has 1 fully saturated rings. The highest BCUT2D eigenvalue weighted by atomic mass is 19.1. The number of likely N-dealkylation sites (tertiary alicyclic amines) is 1. The lowest BCUT2D eigenvalue weighted by Gasteiger charge is -2.17. The first-order valence-electron chi connectivity index (χ1n) is 6.72. The molecule has 6 heteroatoms. The molecule has 0 aliphatic carbocycles. The van der Waals surface area contributed by atoms with Crippen LogP contribution in [0.25, 0.3) is 0 Å². The van der Waals surface area contributed by atoms with Gasteiger partial charge in [-0.3, -0.25) is 14.9 Å². The quantitative estimate of drug-likeness (QED) is 0.615. The standard InChI is InChI=1S/C14H17FN2O3/c1-2-4-10-7-13(18)16(8-10)9-11-5-3-6-12(14(11)15)17(19)20/h3,5-6,10H,2,4,7-9H2,1H3. The third-order valence-corrected chi connectivity index (χ3v) is 3.61. The summed E-state index contributed by atoms with van der Waals surface area (Å²) in [5.41, 5.74) is -0.344. The number of rotatable bonds is 5. The molecule has 108 valence electrons. The van der Waals surface area contributed by atoms with Gasteiger partial charge in [0.15, 0.2) is 0 Å². The van der Waals surface area contributed by atoms with Gasteiger partial charge in [0.05, 0.1) is 4.92 Å². The van der Waals surface area contributed by atoms with E-state index in [2.05, 4.69) is 6.92 Å². The molecule has 0 radical (unpaired) electrons. The number of amides is 1. The van der Waals surface area contributed by atoms with Crippen LogP contribution in [0, 0.1) is 21.8 Å². The molecule has 0 aromatic heterocycles. The van der Waals surface area contributed by atoms with Crippen LogP contribution < -0.4 is 0 Å². The molecule has 1 unspecified atom stereocenters. The van der Waals surface area contributed by atoms with Crippen LogP contribution in [0.3, 0.4) is 0 Å². The number of nitro benzene ring substituents is 1. The molecule has 1 saturated heterocycles. The van der Waals surface area contributed by atoms with Gasteiger partial charge in [0.2, 0.25) is 11.7 Å². The summed E-state index contributed by atoms with van der Waals surface area (Å²) in [6, 6.07) is 4.06. The minimum Gasteiger partial charge on any atom is -0.338 e. The lowest BCUT2D eigenvalue weighted by molar-refractivity contribution is -0.387. The molecule has 1 aromatic rings. The summed E-state index contributed by atoms with van der Waals surface area (Å²) in [5.74, 6) is -0.534. The smallest absolute Gasteiger partial charge is 0.305 e. The summed E-state index contributed by atoms with van der Waals surface area (Å²) in [5, 5.41) is 10.7. The first-order valence-corrected chi connectivity index (χ1v) is 6.72. The third-order valence-electron chi connectivity index (χ3n) is 3.61. The van der Waals surface area contributed by atoms with E-state index in [0.717, 1.165) is 18.9 Å². The largest absolute Gasteiger partial charge is 0.338 e. The number of hydrogen-bond acceptors (Lipinski definition) is 3. The van der Waals surface area contributed by atoms with Crippen molar-refractivity contribution in [3.63, 3.8) is 0 Å². The molecule has 1 aliphatic rings. The van der Waals surface area contributed by atoms with Crippen molar-refractivity contribution in [2.75, 3.05) is 6.54 Å². The lowest BCUT2D eigenvalue weighted by Crippen LogP contribution is -2.25. The van der Waals surface area contributed by atoms with E-state index in [1.807, 2.05) is 0 Å². The zero-order valence-corrected chi connectivity index (χ0v) is 11.3. The Balaban J connectivity index is 2.13. The molecule has 1 atom stereocenters. The second kappa shape index (κ2) is 5.98. The maximum absolute atomic E-state index is 14.0. The van der Waals surface area contributed by atoms with Gasteiger partial charge in [-0.1, -0.05) is 25.5 Å². The third kappa shape index (κ3) is 2.95. The number of nitro groups is 1. The molecular weight excluding hydrogens is 263 g/mol. The topological polar surface area (TPSA) is 63.5 Å². The van der Waals surface area contributed by atoms with Gasteiger partial charge in [0.25, 0.3) is 0 Å². The maximum atomic E-state index is 14.0. The van der Waals surface area contributed by atoms with Gasteiger partial charge in [-0.05, 0) is 12.3 Å². The van der Waals surface area contributed by atoms with Crippen molar-refractivity contribution in [2.45, 2.75) is 32.7 Å². The van der Waals surface area contributed by atoms with Crippen molar-refractivity contribution in [3.05, 3.63) is 39.7 Å². The first kappa shape index (κ1) is 14.4. The van der Waals surface area contributed by atoms with Crippen LogP contribution >= 0.6 is 0 Å². The Hall–Kier alpha value is -1.98. The Labute approximate surface area is 116 Å². The maximum Gasteiger partial charge on any atom is 0.305 e. The number of benzene rings is 1. The molecule has 1 heterocycles. The fourth-order valence-corrected chi connectivity index (χ4v) is 2.64. The average molecular weight is 280 g/mol. The minimum atomic E-state index is -0.843. The molecule has 20 heavy (non-hydrogen) atoms. The molecule has 1 amide bonds. The molecule has 2 rings (SSSR count). The highest BCUT2D eigenvalue weighted by molar-refractivity contribution is 5.78. The minimum absolute atomic E-state index is 0.00523. The number of carbonyl (C=O) groups is 1. The van der Waals surface area contributed by atoms with Gasteiger partial charge >= 0.3 is 5.69 Å². The van der Waals surface area contributed by atoms with Gasteiger partial charge in [0.1, 0.15) is 0 Å². The fraction of sp³-hybridized carbons (Fsp3) is 0.500. The van der Waals surface area contributed by atoms with E-state index in [9.17, 15) is 19.3 Å². The SMILES string of the molecule is CCCC1CC(=O)N(Cc2cccc([N+](=O)[O-])c2F)C1. The highest BCUT2D eigenvalue weighted by Gasteiger charge is 2.30. The van der Waals surface area contributed by atoms with E-state index in [-0.39, 0.29) is 18.0 Å². The summed E-state index contributed by atoms with van der Waals surface area (Å²) < 4.78 is 14.0. The Morgan fingerprint density at radius 3 is 2.90 bits per heavy atom. The zero-order valence-electron chi connectivity index (χ0n) is 11.3. The van der Waals surface area contributed by atoms with E-state index in [0.29, 0.717) is 18.9 Å². The molecule has 0 saturated carbocycles. The normalized spacial score (nSPS) is 18.6. The van der Waals surface area contributed by atoms with Gasteiger partial charge < -0.3 is 4.90 Å². The first-order chi connectivity index (χ1) is 9.52. The fourth-order valence-electron chi connectivity index (χ4n) is 2.64. The van der Waals surface area contributed by atoms with Crippen molar-refractivity contribution in [1.82, 2.24) is 4.90 Å². The van der Waals surface area contributed by atoms with Crippen LogP contribution in [0.4, 0.5) is 10.1 Å². The van der Waals surface area contributed by atoms with Crippen molar-refractivity contribution in [3.8, 4) is 0 Å². The molecule has 5 nitrogen and oxygen atoms in total. The van der Waals surface area contributed by atoms with Crippen LogP contribution in [0.1, 0.15) is 31.7 Å². The van der Waals surface area contributed by atoms with Crippen LogP contribution in [-0.2, 0) is 11.3 Å². The van der Waals surface area contributed by atoms with Crippen LogP contribution in [0.15, 0.2) is 18.2 Å². The number of halogens is 1.